The molecule has 0 spiro atoms. The van der Waals surface area contributed by atoms with Gasteiger partial charge in [0.2, 0.25) is 6.33 Å². The van der Waals surface area contributed by atoms with E-state index in [4.69, 9.17) is 0 Å². The number of aldehydes is 1. The van der Waals surface area contributed by atoms with E-state index in [9.17, 15) is 14.9 Å². The van der Waals surface area contributed by atoms with Crippen LogP contribution in [0.4, 0.5) is 5.82 Å². The molecule has 0 atom stereocenters. The summed E-state index contributed by atoms with van der Waals surface area (Å²) in [5, 5.41) is 13.9. The van der Waals surface area contributed by atoms with Crippen LogP contribution < -0.4 is 5.32 Å². The summed E-state index contributed by atoms with van der Waals surface area (Å²) in [5.74, 6) is -0.153. The van der Waals surface area contributed by atoms with Gasteiger partial charge in [0, 0.05) is 19.1 Å². The third kappa shape index (κ3) is 4.92. The molecule has 1 aromatic rings. The Kier molecular flexibility index (Phi) is 6.57. The van der Waals surface area contributed by atoms with Crippen molar-refractivity contribution in [2.45, 2.75) is 25.9 Å². The SMILES string of the molecule is Br.Cn1cnc([N+](=O)[O-])c1CNC(C)(C)C=CC=O. The van der Waals surface area contributed by atoms with Crippen LogP contribution in [0.15, 0.2) is 18.5 Å². The van der Waals surface area contributed by atoms with Crippen LogP contribution in [0.2, 0.25) is 0 Å². The van der Waals surface area contributed by atoms with E-state index in [0.29, 0.717) is 18.5 Å². The molecule has 0 aliphatic carbocycles. The van der Waals surface area contributed by atoms with Crippen LogP contribution in [0.3, 0.4) is 0 Å². The van der Waals surface area contributed by atoms with E-state index in [1.807, 2.05) is 13.8 Å². The molecule has 7 nitrogen and oxygen atoms in total. The van der Waals surface area contributed by atoms with E-state index in [1.54, 1.807) is 17.7 Å². The maximum Gasteiger partial charge on any atom is 0.386 e. The highest BCUT2D eigenvalue weighted by atomic mass is 79.9. The molecule has 0 unspecified atom stereocenters. The van der Waals surface area contributed by atoms with Gasteiger partial charge in [-0.2, -0.15) is 0 Å². The molecule has 0 saturated carbocycles. The zero-order valence-corrected chi connectivity index (χ0v) is 12.7. The van der Waals surface area contributed by atoms with Crippen LogP contribution in [-0.2, 0) is 18.4 Å². The predicted octanol–water partition coefficient (Wildman–Crippen LogP) is 1.53. The van der Waals surface area contributed by atoms with E-state index < -0.39 is 10.5 Å². The summed E-state index contributed by atoms with van der Waals surface area (Å²) in [6.07, 6.45) is 5.19. The number of imidazole rings is 1. The Morgan fingerprint density at radius 1 is 1.58 bits per heavy atom. The van der Waals surface area contributed by atoms with Crippen LogP contribution >= 0.6 is 17.0 Å². The van der Waals surface area contributed by atoms with Crippen molar-refractivity contribution in [3.63, 3.8) is 0 Å². The zero-order chi connectivity index (χ0) is 13.8. The lowest BCUT2D eigenvalue weighted by Crippen LogP contribution is -2.37. The summed E-state index contributed by atoms with van der Waals surface area (Å²) in [5.41, 5.74) is 0.0616. The van der Waals surface area contributed by atoms with Crippen LogP contribution in [-0.4, -0.2) is 26.3 Å². The number of nitro groups is 1. The van der Waals surface area contributed by atoms with Gasteiger partial charge in [-0.15, -0.1) is 17.0 Å². The van der Waals surface area contributed by atoms with Gasteiger partial charge in [0.1, 0.15) is 12.0 Å². The molecule has 0 aliphatic rings. The van der Waals surface area contributed by atoms with Gasteiger partial charge < -0.3 is 20.0 Å². The normalized spacial score (nSPS) is 11.3. The first kappa shape index (κ1) is 17.5. The number of hydrogen-bond donors (Lipinski definition) is 1. The summed E-state index contributed by atoms with van der Waals surface area (Å²) in [4.78, 5) is 24.3. The first-order valence-corrected chi connectivity index (χ1v) is 5.40. The number of aryl methyl sites for hydroxylation is 1. The Bertz CT molecular complexity index is 482. The third-order valence-corrected chi connectivity index (χ3v) is 2.51. The maximum atomic E-state index is 10.8. The minimum absolute atomic E-state index is 0. The van der Waals surface area contributed by atoms with Crippen LogP contribution in [0, 0.1) is 10.1 Å². The molecule has 19 heavy (non-hydrogen) atoms. The molecule has 0 radical (unpaired) electrons. The van der Waals surface area contributed by atoms with Crippen molar-refractivity contribution in [1.82, 2.24) is 14.9 Å². The first-order valence-electron chi connectivity index (χ1n) is 5.40. The Morgan fingerprint density at radius 2 is 2.21 bits per heavy atom. The number of nitrogens with zero attached hydrogens (tertiary/aromatic N) is 3. The second-order valence-corrected chi connectivity index (χ2v) is 4.45. The van der Waals surface area contributed by atoms with E-state index in [2.05, 4.69) is 10.3 Å². The summed E-state index contributed by atoms with van der Waals surface area (Å²) >= 11 is 0. The molecule has 0 amide bonds. The number of allylic oxidation sites excluding steroid dienone is 1. The molecule has 0 bridgehead atoms. The van der Waals surface area contributed by atoms with E-state index in [-0.39, 0.29) is 22.8 Å². The summed E-state index contributed by atoms with van der Waals surface area (Å²) < 4.78 is 1.60. The monoisotopic (exact) mass is 332 g/mol. The smallest absolute Gasteiger partial charge is 0.358 e. The van der Waals surface area contributed by atoms with Gasteiger partial charge in [-0.1, -0.05) is 6.08 Å². The van der Waals surface area contributed by atoms with Crippen molar-refractivity contribution in [2.75, 3.05) is 0 Å². The number of rotatable bonds is 6. The lowest BCUT2D eigenvalue weighted by molar-refractivity contribution is -0.390. The molecule has 1 heterocycles. The second kappa shape index (κ2) is 7.15. The van der Waals surface area contributed by atoms with Crippen molar-refractivity contribution < 1.29 is 9.72 Å². The summed E-state index contributed by atoms with van der Waals surface area (Å²) in [6, 6.07) is 0. The van der Waals surface area contributed by atoms with Crippen molar-refractivity contribution >= 4 is 29.1 Å². The van der Waals surface area contributed by atoms with Gasteiger partial charge in [-0.05, 0) is 29.8 Å². The van der Waals surface area contributed by atoms with Crippen LogP contribution in [0.25, 0.3) is 0 Å². The fourth-order valence-corrected chi connectivity index (χ4v) is 1.45. The Balaban J connectivity index is 0.00000324. The number of carbonyl (C=O) groups is 1. The first-order chi connectivity index (χ1) is 8.37. The van der Waals surface area contributed by atoms with Crippen molar-refractivity contribution in [3.8, 4) is 0 Å². The number of carbonyl (C=O) groups excluding carboxylic acids is 1. The molecular formula is C11H17BrN4O3. The fraction of sp³-hybridized carbons (Fsp3) is 0.455. The lowest BCUT2D eigenvalue weighted by atomic mass is 10.1. The number of nitrogens with one attached hydrogen (secondary N) is 1. The summed E-state index contributed by atoms with van der Waals surface area (Å²) in [7, 11) is 1.70. The van der Waals surface area contributed by atoms with E-state index in [1.165, 1.54) is 12.4 Å². The zero-order valence-electron chi connectivity index (χ0n) is 11.0. The average Bonchev–Trinajstić information content (AvgIpc) is 2.66. The third-order valence-electron chi connectivity index (χ3n) is 2.51. The van der Waals surface area contributed by atoms with Gasteiger partial charge in [0.25, 0.3) is 0 Å². The van der Waals surface area contributed by atoms with Crippen LogP contribution in [0.1, 0.15) is 19.5 Å². The molecule has 0 saturated heterocycles. The molecule has 1 N–H and O–H groups in total. The van der Waals surface area contributed by atoms with E-state index >= 15 is 0 Å². The standard InChI is InChI=1S/C11H16N4O3.BrH/c1-11(2,5-4-6-16)13-7-9-10(15(17)18)12-8-14(9)3;/h4-6,8,13H,7H2,1-3H3;1H. The fourth-order valence-electron chi connectivity index (χ4n) is 1.45. The van der Waals surface area contributed by atoms with Crippen molar-refractivity contribution in [3.05, 3.63) is 34.3 Å². The average molecular weight is 333 g/mol. The Morgan fingerprint density at radius 3 is 2.74 bits per heavy atom. The second-order valence-electron chi connectivity index (χ2n) is 4.45. The highest BCUT2D eigenvalue weighted by molar-refractivity contribution is 8.93. The largest absolute Gasteiger partial charge is 0.386 e. The maximum absolute atomic E-state index is 10.8. The van der Waals surface area contributed by atoms with Gasteiger partial charge in [-0.3, -0.25) is 4.79 Å². The molecular weight excluding hydrogens is 316 g/mol. The van der Waals surface area contributed by atoms with Crippen molar-refractivity contribution in [2.24, 2.45) is 7.05 Å². The van der Waals surface area contributed by atoms with Gasteiger partial charge >= 0.3 is 5.82 Å². The number of aromatic nitrogens is 2. The van der Waals surface area contributed by atoms with Crippen LogP contribution in [0.5, 0.6) is 0 Å². The highest BCUT2D eigenvalue weighted by Gasteiger charge is 2.22. The topological polar surface area (TPSA) is 90.1 Å². The van der Waals surface area contributed by atoms with Gasteiger partial charge in [0.15, 0.2) is 0 Å². The highest BCUT2D eigenvalue weighted by Crippen LogP contribution is 2.16. The van der Waals surface area contributed by atoms with Gasteiger partial charge in [-0.25, -0.2) is 0 Å². The molecule has 1 rings (SSSR count). The lowest BCUT2D eigenvalue weighted by Gasteiger charge is -2.21. The Hall–Kier alpha value is -1.54. The Labute approximate surface area is 121 Å². The van der Waals surface area contributed by atoms with Crippen molar-refractivity contribution in [1.29, 1.82) is 0 Å². The predicted molar refractivity (Wildman–Crippen MR) is 76.3 cm³/mol. The number of hydrogen-bond acceptors (Lipinski definition) is 5. The molecule has 106 valence electrons. The molecule has 8 heteroatoms. The van der Waals surface area contributed by atoms with Gasteiger partial charge in [0.05, 0.1) is 0 Å². The molecule has 0 aliphatic heterocycles. The minimum atomic E-state index is -0.509. The minimum Gasteiger partial charge on any atom is -0.358 e. The number of halogens is 1. The summed E-state index contributed by atoms with van der Waals surface area (Å²) in [6.45, 7) is 4.04. The quantitative estimate of drug-likeness (QED) is 0.369. The molecule has 1 aromatic heterocycles. The molecule has 0 fully saturated rings. The molecule has 0 aromatic carbocycles. The van der Waals surface area contributed by atoms with E-state index in [0.717, 1.165) is 0 Å².